The SMILES string of the molecule is CCCCCCCC(C)(C)C(=O)N(O)C(=O)NC(CC)C(=O)NC(C)(C)C. The summed E-state index contributed by atoms with van der Waals surface area (Å²) in [6, 6.07) is -1.80. The summed E-state index contributed by atoms with van der Waals surface area (Å²) in [5.41, 5.74) is -1.29. The number of carbonyl (C=O) groups is 3. The van der Waals surface area contributed by atoms with Crippen LogP contribution in [-0.2, 0) is 9.59 Å². The molecule has 0 aliphatic heterocycles. The molecule has 7 nitrogen and oxygen atoms in total. The molecule has 7 heteroatoms. The van der Waals surface area contributed by atoms with Crippen molar-refractivity contribution >= 4 is 17.8 Å². The van der Waals surface area contributed by atoms with Gasteiger partial charge in [0.1, 0.15) is 6.04 Å². The molecule has 0 bridgehead atoms. The lowest BCUT2D eigenvalue weighted by atomic mass is 9.85. The molecular formula is C20H39N3O4. The first-order valence-electron chi connectivity index (χ1n) is 10.0. The van der Waals surface area contributed by atoms with Gasteiger partial charge in [0.25, 0.3) is 5.91 Å². The van der Waals surface area contributed by atoms with Crippen molar-refractivity contribution in [1.29, 1.82) is 0 Å². The van der Waals surface area contributed by atoms with E-state index in [1.807, 2.05) is 20.8 Å². The molecule has 0 saturated carbocycles. The van der Waals surface area contributed by atoms with E-state index in [1.165, 1.54) is 0 Å². The molecule has 0 aromatic heterocycles. The van der Waals surface area contributed by atoms with Crippen LogP contribution in [0.25, 0.3) is 0 Å². The van der Waals surface area contributed by atoms with Crippen LogP contribution >= 0.6 is 0 Å². The minimum atomic E-state index is -0.977. The van der Waals surface area contributed by atoms with Crippen LogP contribution in [0.15, 0.2) is 0 Å². The Labute approximate surface area is 164 Å². The monoisotopic (exact) mass is 385 g/mol. The second-order valence-corrected chi connectivity index (χ2v) is 8.81. The summed E-state index contributed by atoms with van der Waals surface area (Å²) in [4.78, 5) is 37.0. The lowest BCUT2D eigenvalue weighted by Gasteiger charge is -2.29. The Morgan fingerprint density at radius 1 is 0.963 bits per heavy atom. The van der Waals surface area contributed by atoms with E-state index in [-0.39, 0.29) is 11.0 Å². The van der Waals surface area contributed by atoms with Crippen molar-refractivity contribution in [3.63, 3.8) is 0 Å². The lowest BCUT2D eigenvalue weighted by molar-refractivity contribution is -0.163. The Morgan fingerprint density at radius 2 is 1.52 bits per heavy atom. The van der Waals surface area contributed by atoms with Crippen LogP contribution in [0, 0.1) is 5.41 Å². The first kappa shape index (κ1) is 25.4. The minimum absolute atomic E-state index is 0.110. The standard InChI is InChI=1S/C20H39N3O4/c1-8-10-11-12-13-14-20(6,7)17(25)23(27)18(26)21-15(9-2)16(24)22-19(3,4)5/h15,27H,8-14H2,1-7H3,(H,21,26)(H,22,24). The molecule has 0 radical (unpaired) electrons. The Morgan fingerprint density at radius 3 is 2.00 bits per heavy atom. The summed E-state index contributed by atoms with van der Waals surface area (Å²) in [6.07, 6.45) is 6.24. The van der Waals surface area contributed by atoms with Gasteiger partial charge in [-0.1, -0.05) is 59.8 Å². The van der Waals surface area contributed by atoms with Crippen molar-refractivity contribution in [3.8, 4) is 0 Å². The number of imide groups is 1. The molecule has 0 heterocycles. The van der Waals surface area contributed by atoms with E-state index in [4.69, 9.17) is 0 Å². The molecule has 0 aromatic rings. The highest BCUT2D eigenvalue weighted by atomic mass is 16.5. The van der Waals surface area contributed by atoms with Gasteiger partial charge in [-0.2, -0.15) is 0 Å². The quantitative estimate of drug-likeness (QED) is 0.301. The highest BCUT2D eigenvalue weighted by molar-refractivity contribution is 5.97. The number of nitrogens with one attached hydrogen (secondary N) is 2. The summed E-state index contributed by atoms with van der Waals surface area (Å²) in [6.45, 7) is 12.8. The third-order valence-electron chi connectivity index (χ3n) is 4.39. The van der Waals surface area contributed by atoms with Gasteiger partial charge in [0.2, 0.25) is 5.91 Å². The fourth-order valence-electron chi connectivity index (χ4n) is 2.68. The number of carbonyl (C=O) groups excluding carboxylic acids is 3. The number of hydrogen-bond acceptors (Lipinski definition) is 4. The van der Waals surface area contributed by atoms with Crippen LogP contribution in [0.3, 0.4) is 0 Å². The molecular weight excluding hydrogens is 346 g/mol. The summed E-state index contributed by atoms with van der Waals surface area (Å²) in [7, 11) is 0. The van der Waals surface area contributed by atoms with E-state index in [1.54, 1.807) is 20.8 Å². The highest BCUT2D eigenvalue weighted by Crippen LogP contribution is 2.26. The zero-order valence-corrected chi connectivity index (χ0v) is 18.1. The van der Waals surface area contributed by atoms with Crippen molar-refractivity contribution in [3.05, 3.63) is 0 Å². The van der Waals surface area contributed by atoms with Gasteiger partial charge < -0.3 is 10.6 Å². The van der Waals surface area contributed by atoms with Gasteiger partial charge in [0, 0.05) is 11.0 Å². The number of unbranched alkanes of at least 4 members (excludes halogenated alkanes) is 4. The Balaban J connectivity index is 4.75. The number of hydroxylamine groups is 2. The van der Waals surface area contributed by atoms with Crippen LogP contribution in [0.1, 0.15) is 93.4 Å². The van der Waals surface area contributed by atoms with Crippen molar-refractivity contribution < 1.29 is 19.6 Å². The third kappa shape index (κ3) is 9.75. The number of urea groups is 1. The Kier molecular flexibility index (Phi) is 10.6. The number of nitrogens with zero attached hydrogens (tertiary/aromatic N) is 1. The summed E-state index contributed by atoms with van der Waals surface area (Å²) >= 11 is 0. The van der Waals surface area contributed by atoms with E-state index in [0.717, 1.165) is 32.1 Å². The molecule has 27 heavy (non-hydrogen) atoms. The summed E-state index contributed by atoms with van der Waals surface area (Å²) in [5.74, 6) is -1.02. The molecule has 1 unspecified atom stereocenters. The van der Waals surface area contributed by atoms with E-state index in [9.17, 15) is 19.6 Å². The Bertz CT molecular complexity index is 498. The zero-order chi connectivity index (χ0) is 21.3. The normalized spacial score (nSPS) is 13.0. The van der Waals surface area contributed by atoms with Crippen LogP contribution in [0.4, 0.5) is 4.79 Å². The van der Waals surface area contributed by atoms with Gasteiger partial charge in [-0.25, -0.2) is 4.79 Å². The average Bonchev–Trinajstić information content (AvgIpc) is 2.56. The first-order chi connectivity index (χ1) is 12.4. The van der Waals surface area contributed by atoms with Gasteiger partial charge in [-0.15, -0.1) is 5.06 Å². The van der Waals surface area contributed by atoms with Gasteiger partial charge in [0.05, 0.1) is 0 Å². The predicted octanol–water partition coefficient (Wildman–Crippen LogP) is 3.99. The van der Waals surface area contributed by atoms with E-state index in [2.05, 4.69) is 17.6 Å². The molecule has 1 atom stereocenters. The van der Waals surface area contributed by atoms with E-state index in [0.29, 0.717) is 12.8 Å². The number of hydrogen-bond donors (Lipinski definition) is 3. The average molecular weight is 386 g/mol. The molecule has 0 rings (SSSR count). The number of rotatable bonds is 10. The van der Waals surface area contributed by atoms with Crippen molar-refractivity contribution in [2.24, 2.45) is 5.41 Å². The maximum atomic E-state index is 12.5. The minimum Gasteiger partial charge on any atom is -0.350 e. The van der Waals surface area contributed by atoms with Crippen LogP contribution in [-0.4, -0.2) is 39.7 Å². The van der Waals surface area contributed by atoms with Gasteiger partial charge in [-0.3, -0.25) is 14.8 Å². The second kappa shape index (κ2) is 11.3. The topological polar surface area (TPSA) is 98.7 Å². The van der Waals surface area contributed by atoms with Crippen molar-refractivity contribution in [1.82, 2.24) is 15.7 Å². The maximum Gasteiger partial charge on any atom is 0.349 e. The molecule has 0 spiro atoms. The Hall–Kier alpha value is -1.63. The van der Waals surface area contributed by atoms with Crippen LogP contribution in [0.2, 0.25) is 0 Å². The summed E-state index contributed by atoms with van der Waals surface area (Å²) in [5, 5.41) is 15.4. The molecule has 0 fully saturated rings. The van der Waals surface area contributed by atoms with Gasteiger partial charge in [0.15, 0.2) is 0 Å². The van der Waals surface area contributed by atoms with Gasteiger partial charge in [-0.05, 0) is 33.6 Å². The first-order valence-corrected chi connectivity index (χ1v) is 10.0. The molecule has 0 aromatic carbocycles. The third-order valence-corrected chi connectivity index (χ3v) is 4.39. The molecule has 0 saturated heterocycles. The smallest absolute Gasteiger partial charge is 0.349 e. The number of amides is 4. The predicted molar refractivity (Wildman–Crippen MR) is 106 cm³/mol. The lowest BCUT2D eigenvalue weighted by Crippen LogP contribution is -2.55. The summed E-state index contributed by atoms with van der Waals surface area (Å²) < 4.78 is 0. The largest absolute Gasteiger partial charge is 0.350 e. The van der Waals surface area contributed by atoms with Crippen LogP contribution in [0.5, 0.6) is 0 Å². The molecule has 0 aliphatic carbocycles. The highest BCUT2D eigenvalue weighted by Gasteiger charge is 2.35. The van der Waals surface area contributed by atoms with E-state index >= 15 is 0 Å². The van der Waals surface area contributed by atoms with Crippen LogP contribution < -0.4 is 10.6 Å². The molecule has 0 aliphatic rings. The fourth-order valence-corrected chi connectivity index (χ4v) is 2.68. The molecule has 4 amide bonds. The molecule has 3 N–H and O–H groups in total. The van der Waals surface area contributed by atoms with Crippen molar-refractivity contribution in [2.75, 3.05) is 0 Å². The fraction of sp³-hybridized carbons (Fsp3) is 0.850. The van der Waals surface area contributed by atoms with E-state index < -0.39 is 28.9 Å². The maximum absolute atomic E-state index is 12.5. The zero-order valence-electron chi connectivity index (χ0n) is 18.1. The van der Waals surface area contributed by atoms with Gasteiger partial charge >= 0.3 is 6.03 Å². The second-order valence-electron chi connectivity index (χ2n) is 8.81. The van der Waals surface area contributed by atoms with Crippen molar-refractivity contribution in [2.45, 2.75) is 105 Å². The molecule has 158 valence electrons.